The standard InChI is InChI=1S/C23H18O5/c1-3-22(24)27-20-12-4-16(5-13-20)17-6-14-21(15-7-17)28-23(25)18-8-10-19(26-2)11-9-18/h3-15H,1H2,2H3. The molecular weight excluding hydrogens is 356 g/mol. The first-order valence-corrected chi connectivity index (χ1v) is 8.50. The summed E-state index contributed by atoms with van der Waals surface area (Å²) in [6.45, 7) is 3.36. The number of methoxy groups -OCH3 is 1. The summed E-state index contributed by atoms with van der Waals surface area (Å²) >= 11 is 0. The van der Waals surface area contributed by atoms with E-state index in [1.807, 2.05) is 24.3 Å². The van der Waals surface area contributed by atoms with E-state index in [9.17, 15) is 9.59 Å². The van der Waals surface area contributed by atoms with Gasteiger partial charge < -0.3 is 14.2 Å². The molecule has 3 aromatic carbocycles. The van der Waals surface area contributed by atoms with Gasteiger partial charge in [-0.05, 0) is 59.7 Å². The van der Waals surface area contributed by atoms with Crippen molar-refractivity contribution in [1.82, 2.24) is 0 Å². The van der Waals surface area contributed by atoms with Crippen molar-refractivity contribution in [1.29, 1.82) is 0 Å². The monoisotopic (exact) mass is 374 g/mol. The lowest BCUT2D eigenvalue weighted by Crippen LogP contribution is -2.08. The van der Waals surface area contributed by atoms with Crippen LogP contribution in [0.3, 0.4) is 0 Å². The third-order valence-electron chi connectivity index (χ3n) is 3.96. The predicted octanol–water partition coefficient (Wildman–Crippen LogP) is 4.67. The van der Waals surface area contributed by atoms with Crippen molar-refractivity contribution in [2.24, 2.45) is 0 Å². The molecule has 3 rings (SSSR count). The van der Waals surface area contributed by atoms with Gasteiger partial charge in [-0.25, -0.2) is 9.59 Å². The summed E-state index contributed by atoms with van der Waals surface area (Å²) < 4.78 is 15.5. The Balaban J connectivity index is 1.66. The van der Waals surface area contributed by atoms with Crippen LogP contribution in [-0.4, -0.2) is 19.0 Å². The van der Waals surface area contributed by atoms with Gasteiger partial charge in [-0.15, -0.1) is 0 Å². The van der Waals surface area contributed by atoms with Gasteiger partial charge in [0.25, 0.3) is 0 Å². The topological polar surface area (TPSA) is 61.8 Å². The summed E-state index contributed by atoms with van der Waals surface area (Å²) in [6, 6.07) is 20.9. The fourth-order valence-corrected chi connectivity index (χ4v) is 2.48. The number of carbonyl (C=O) groups excluding carboxylic acids is 2. The van der Waals surface area contributed by atoms with Crippen molar-refractivity contribution in [2.45, 2.75) is 0 Å². The maximum Gasteiger partial charge on any atom is 0.343 e. The van der Waals surface area contributed by atoms with Crippen LogP contribution >= 0.6 is 0 Å². The third-order valence-corrected chi connectivity index (χ3v) is 3.96. The van der Waals surface area contributed by atoms with E-state index in [0.29, 0.717) is 22.8 Å². The Morgan fingerprint density at radius 3 is 1.64 bits per heavy atom. The molecule has 0 spiro atoms. The maximum absolute atomic E-state index is 12.2. The molecule has 5 nitrogen and oxygen atoms in total. The lowest BCUT2D eigenvalue weighted by molar-refractivity contribution is -0.128. The van der Waals surface area contributed by atoms with E-state index in [2.05, 4.69) is 6.58 Å². The molecule has 0 amide bonds. The van der Waals surface area contributed by atoms with Gasteiger partial charge in [-0.2, -0.15) is 0 Å². The predicted molar refractivity (Wildman–Crippen MR) is 106 cm³/mol. The largest absolute Gasteiger partial charge is 0.497 e. The second-order valence-electron chi connectivity index (χ2n) is 5.79. The molecule has 0 bridgehead atoms. The molecule has 0 saturated carbocycles. The highest BCUT2D eigenvalue weighted by molar-refractivity contribution is 5.91. The molecule has 3 aromatic rings. The fourth-order valence-electron chi connectivity index (χ4n) is 2.48. The van der Waals surface area contributed by atoms with Crippen molar-refractivity contribution < 1.29 is 23.8 Å². The molecule has 0 atom stereocenters. The van der Waals surface area contributed by atoms with E-state index in [-0.39, 0.29) is 0 Å². The smallest absolute Gasteiger partial charge is 0.343 e. The van der Waals surface area contributed by atoms with E-state index in [1.54, 1.807) is 55.6 Å². The summed E-state index contributed by atoms with van der Waals surface area (Å²) in [6.07, 6.45) is 1.11. The number of esters is 2. The fraction of sp³-hybridized carbons (Fsp3) is 0.0435. The van der Waals surface area contributed by atoms with Gasteiger partial charge >= 0.3 is 11.9 Å². The molecular formula is C23H18O5. The highest BCUT2D eigenvalue weighted by Gasteiger charge is 2.09. The van der Waals surface area contributed by atoms with E-state index in [0.717, 1.165) is 17.2 Å². The Hall–Kier alpha value is -3.86. The van der Waals surface area contributed by atoms with Crippen molar-refractivity contribution in [2.75, 3.05) is 7.11 Å². The molecule has 0 aliphatic heterocycles. The minimum Gasteiger partial charge on any atom is -0.497 e. The molecule has 5 heteroatoms. The van der Waals surface area contributed by atoms with E-state index in [4.69, 9.17) is 14.2 Å². The van der Waals surface area contributed by atoms with Gasteiger partial charge in [0.05, 0.1) is 12.7 Å². The van der Waals surface area contributed by atoms with E-state index >= 15 is 0 Å². The Bertz CT molecular complexity index is 971. The summed E-state index contributed by atoms with van der Waals surface area (Å²) in [5.41, 5.74) is 2.31. The highest BCUT2D eigenvalue weighted by atomic mass is 16.5. The van der Waals surface area contributed by atoms with Gasteiger partial charge in [0.2, 0.25) is 0 Å². The van der Waals surface area contributed by atoms with Gasteiger partial charge in [0, 0.05) is 6.08 Å². The minimum absolute atomic E-state index is 0.439. The molecule has 0 saturated heterocycles. The van der Waals surface area contributed by atoms with Crippen LogP contribution in [0.4, 0.5) is 0 Å². The molecule has 0 fully saturated rings. The molecule has 0 heterocycles. The molecule has 0 aliphatic rings. The van der Waals surface area contributed by atoms with Crippen molar-refractivity contribution in [3.05, 3.63) is 91.0 Å². The Morgan fingerprint density at radius 2 is 1.18 bits per heavy atom. The summed E-state index contributed by atoms with van der Waals surface area (Å²) in [4.78, 5) is 23.4. The maximum atomic E-state index is 12.2. The summed E-state index contributed by atoms with van der Waals surface area (Å²) in [5, 5.41) is 0. The Labute approximate surface area is 162 Å². The molecule has 0 unspecified atom stereocenters. The SMILES string of the molecule is C=CC(=O)Oc1ccc(-c2ccc(OC(=O)c3ccc(OC)cc3)cc2)cc1. The number of rotatable bonds is 6. The normalized spacial score (nSPS) is 10.0. The van der Waals surface area contributed by atoms with Crippen LogP contribution in [0.15, 0.2) is 85.5 Å². The molecule has 0 N–H and O–H groups in total. The zero-order valence-corrected chi connectivity index (χ0v) is 15.3. The first kappa shape index (κ1) is 18.9. The van der Waals surface area contributed by atoms with E-state index < -0.39 is 11.9 Å². The van der Waals surface area contributed by atoms with Crippen LogP contribution in [-0.2, 0) is 4.79 Å². The number of ether oxygens (including phenoxy) is 3. The molecule has 0 aliphatic carbocycles. The van der Waals surface area contributed by atoms with Gasteiger partial charge in [0.15, 0.2) is 0 Å². The van der Waals surface area contributed by atoms with Crippen LogP contribution in [0.1, 0.15) is 10.4 Å². The molecule has 0 aromatic heterocycles. The van der Waals surface area contributed by atoms with E-state index in [1.165, 1.54) is 0 Å². The van der Waals surface area contributed by atoms with Crippen molar-refractivity contribution >= 4 is 11.9 Å². The van der Waals surface area contributed by atoms with Crippen LogP contribution in [0.2, 0.25) is 0 Å². The Kier molecular flexibility index (Phi) is 5.87. The molecule has 0 radical (unpaired) electrons. The van der Waals surface area contributed by atoms with Crippen molar-refractivity contribution in [3.8, 4) is 28.4 Å². The summed E-state index contributed by atoms with van der Waals surface area (Å²) in [5.74, 6) is 0.616. The zero-order chi connectivity index (χ0) is 19.9. The van der Waals surface area contributed by atoms with Gasteiger partial charge in [-0.3, -0.25) is 0 Å². The average molecular weight is 374 g/mol. The second-order valence-corrected chi connectivity index (χ2v) is 5.79. The van der Waals surface area contributed by atoms with Crippen molar-refractivity contribution in [3.63, 3.8) is 0 Å². The Morgan fingerprint density at radius 1 is 0.714 bits per heavy atom. The number of carbonyl (C=O) groups is 2. The first-order chi connectivity index (χ1) is 13.6. The lowest BCUT2D eigenvalue weighted by atomic mass is 10.1. The second kappa shape index (κ2) is 8.68. The lowest BCUT2D eigenvalue weighted by Gasteiger charge is -2.07. The van der Waals surface area contributed by atoms with Crippen LogP contribution in [0, 0.1) is 0 Å². The molecule has 28 heavy (non-hydrogen) atoms. The summed E-state index contributed by atoms with van der Waals surface area (Å²) in [7, 11) is 1.57. The third kappa shape index (κ3) is 4.65. The number of hydrogen-bond acceptors (Lipinski definition) is 5. The minimum atomic E-state index is -0.504. The van der Waals surface area contributed by atoms with Crippen LogP contribution < -0.4 is 14.2 Å². The van der Waals surface area contributed by atoms with Crippen LogP contribution in [0.5, 0.6) is 17.2 Å². The van der Waals surface area contributed by atoms with Crippen LogP contribution in [0.25, 0.3) is 11.1 Å². The van der Waals surface area contributed by atoms with Gasteiger partial charge in [0.1, 0.15) is 17.2 Å². The number of benzene rings is 3. The average Bonchev–Trinajstić information content (AvgIpc) is 2.75. The molecule has 140 valence electrons. The first-order valence-electron chi connectivity index (χ1n) is 8.50. The highest BCUT2D eigenvalue weighted by Crippen LogP contribution is 2.25. The van der Waals surface area contributed by atoms with Gasteiger partial charge in [-0.1, -0.05) is 30.8 Å². The quantitative estimate of drug-likeness (QED) is 0.356. The number of hydrogen-bond donors (Lipinski definition) is 0. The zero-order valence-electron chi connectivity index (χ0n) is 15.3.